The zero-order chi connectivity index (χ0) is 10.5. The van der Waals surface area contributed by atoms with E-state index in [9.17, 15) is 0 Å². The average Bonchev–Trinajstić information content (AvgIpc) is 2.76. The molecule has 3 rings (SSSR count). The third-order valence-electron chi connectivity index (χ3n) is 4.19. The first kappa shape index (κ1) is 9.26. The first-order chi connectivity index (χ1) is 7.21. The molecule has 0 amide bonds. The van der Waals surface area contributed by atoms with Crippen molar-refractivity contribution in [3.05, 3.63) is 28.8 Å². The molecule has 1 saturated carbocycles. The highest BCUT2D eigenvalue weighted by atomic mass is 14.9. The van der Waals surface area contributed by atoms with E-state index in [2.05, 4.69) is 31.3 Å². The Morgan fingerprint density at radius 1 is 1.13 bits per heavy atom. The minimum atomic E-state index is 0.493. The molecule has 80 valence electrons. The Kier molecular flexibility index (Phi) is 1.86. The van der Waals surface area contributed by atoms with Gasteiger partial charge in [0.15, 0.2) is 0 Å². The van der Waals surface area contributed by atoms with Crippen LogP contribution in [0, 0.1) is 13.8 Å². The average molecular weight is 201 g/mol. The van der Waals surface area contributed by atoms with E-state index in [1.165, 1.54) is 49.0 Å². The van der Waals surface area contributed by atoms with Gasteiger partial charge in [0.05, 0.1) is 0 Å². The highest BCUT2D eigenvalue weighted by molar-refractivity contribution is 5.65. The van der Waals surface area contributed by atoms with Gasteiger partial charge in [-0.2, -0.15) is 0 Å². The molecule has 1 aliphatic heterocycles. The smallest absolute Gasteiger partial charge is 0.0384 e. The van der Waals surface area contributed by atoms with E-state index < -0.39 is 0 Å². The zero-order valence-corrected chi connectivity index (χ0v) is 9.69. The molecular formula is C14H19N. The largest absolute Gasteiger partial charge is 0.384 e. The van der Waals surface area contributed by atoms with Gasteiger partial charge in [-0.15, -0.1) is 0 Å². The van der Waals surface area contributed by atoms with E-state index in [4.69, 9.17) is 0 Å². The van der Waals surface area contributed by atoms with Crippen LogP contribution in [0.2, 0.25) is 0 Å². The van der Waals surface area contributed by atoms with Gasteiger partial charge in [-0.25, -0.2) is 0 Å². The van der Waals surface area contributed by atoms with Crippen molar-refractivity contribution in [2.75, 3.05) is 11.9 Å². The molecule has 1 nitrogen and oxygen atoms in total. The van der Waals surface area contributed by atoms with Gasteiger partial charge >= 0.3 is 0 Å². The number of aryl methyl sites for hydroxylation is 2. The molecule has 1 fully saturated rings. The third kappa shape index (κ3) is 1.22. The van der Waals surface area contributed by atoms with Crippen molar-refractivity contribution in [2.45, 2.75) is 44.9 Å². The van der Waals surface area contributed by atoms with Gasteiger partial charge in [-0.05, 0) is 49.4 Å². The van der Waals surface area contributed by atoms with Crippen LogP contribution in [0.1, 0.15) is 42.4 Å². The number of rotatable bonds is 0. The molecule has 1 heterocycles. The summed E-state index contributed by atoms with van der Waals surface area (Å²) in [7, 11) is 0. The Morgan fingerprint density at radius 3 is 2.60 bits per heavy atom. The van der Waals surface area contributed by atoms with Crippen molar-refractivity contribution in [3.63, 3.8) is 0 Å². The fraction of sp³-hybridized carbons (Fsp3) is 0.571. The molecule has 15 heavy (non-hydrogen) atoms. The first-order valence-corrected chi connectivity index (χ1v) is 6.07. The Bertz CT molecular complexity index is 400. The monoisotopic (exact) mass is 201 g/mol. The number of nitrogens with one attached hydrogen (secondary N) is 1. The minimum Gasteiger partial charge on any atom is -0.384 e. The van der Waals surface area contributed by atoms with Crippen LogP contribution >= 0.6 is 0 Å². The fourth-order valence-electron chi connectivity index (χ4n) is 3.64. The summed E-state index contributed by atoms with van der Waals surface area (Å²) in [6.07, 6.45) is 5.59. The van der Waals surface area contributed by atoms with Crippen molar-refractivity contribution in [3.8, 4) is 0 Å². The normalized spacial score (nSPS) is 21.7. The summed E-state index contributed by atoms with van der Waals surface area (Å²) in [5, 5.41) is 3.61. The molecule has 0 atom stereocenters. The van der Waals surface area contributed by atoms with E-state index in [0.29, 0.717) is 5.41 Å². The maximum absolute atomic E-state index is 3.61. The molecule has 1 aliphatic carbocycles. The summed E-state index contributed by atoms with van der Waals surface area (Å²) < 4.78 is 0. The molecule has 1 N–H and O–H groups in total. The van der Waals surface area contributed by atoms with E-state index in [1.54, 1.807) is 5.56 Å². The Balaban J connectivity index is 2.17. The number of hydrogen-bond donors (Lipinski definition) is 1. The second kappa shape index (κ2) is 3.01. The topological polar surface area (TPSA) is 12.0 Å². The zero-order valence-electron chi connectivity index (χ0n) is 9.69. The van der Waals surface area contributed by atoms with E-state index in [1.807, 2.05) is 0 Å². The van der Waals surface area contributed by atoms with E-state index >= 15 is 0 Å². The van der Waals surface area contributed by atoms with Gasteiger partial charge in [-0.3, -0.25) is 0 Å². The molecule has 1 heteroatoms. The van der Waals surface area contributed by atoms with Crippen LogP contribution in [-0.4, -0.2) is 6.54 Å². The molecule has 2 aliphatic rings. The molecule has 1 aromatic carbocycles. The van der Waals surface area contributed by atoms with Gasteiger partial charge in [0.1, 0.15) is 0 Å². The maximum atomic E-state index is 3.61. The standard InChI is InChI=1S/C14H19N/c1-10-7-11(2)13-12(8-10)15-9-14(13)5-3-4-6-14/h7-8,15H,3-6,9H2,1-2H3. The molecule has 0 radical (unpaired) electrons. The second-order valence-electron chi connectivity index (χ2n) is 5.35. The SMILES string of the molecule is Cc1cc(C)c2c(c1)NCC21CCCC1. The van der Waals surface area contributed by atoms with Gasteiger partial charge in [0.2, 0.25) is 0 Å². The van der Waals surface area contributed by atoms with Gasteiger partial charge in [-0.1, -0.05) is 18.9 Å². The molecule has 0 saturated heterocycles. The predicted octanol–water partition coefficient (Wildman–Crippen LogP) is 3.54. The molecule has 0 unspecified atom stereocenters. The number of hydrogen-bond acceptors (Lipinski definition) is 1. The van der Waals surface area contributed by atoms with Gasteiger partial charge in [0, 0.05) is 17.6 Å². The molecule has 1 aromatic rings. The summed E-state index contributed by atoms with van der Waals surface area (Å²) in [5.41, 5.74) is 6.42. The second-order valence-corrected chi connectivity index (χ2v) is 5.35. The van der Waals surface area contributed by atoms with E-state index in [-0.39, 0.29) is 0 Å². The van der Waals surface area contributed by atoms with Gasteiger partial charge < -0.3 is 5.32 Å². The molecule has 0 bridgehead atoms. The van der Waals surface area contributed by atoms with Crippen LogP contribution in [0.3, 0.4) is 0 Å². The van der Waals surface area contributed by atoms with Crippen molar-refractivity contribution >= 4 is 5.69 Å². The summed E-state index contributed by atoms with van der Waals surface area (Å²) in [6.45, 7) is 5.64. The van der Waals surface area contributed by atoms with Crippen molar-refractivity contribution in [1.82, 2.24) is 0 Å². The van der Waals surface area contributed by atoms with Crippen LogP contribution in [0.4, 0.5) is 5.69 Å². The summed E-state index contributed by atoms with van der Waals surface area (Å²) in [4.78, 5) is 0. The lowest BCUT2D eigenvalue weighted by molar-refractivity contribution is 0.487. The molecule has 0 aromatic heterocycles. The summed E-state index contributed by atoms with van der Waals surface area (Å²) in [6, 6.07) is 4.65. The highest BCUT2D eigenvalue weighted by Gasteiger charge is 2.41. The number of benzene rings is 1. The predicted molar refractivity (Wildman–Crippen MR) is 64.6 cm³/mol. The Hall–Kier alpha value is -0.980. The van der Waals surface area contributed by atoms with Crippen LogP contribution < -0.4 is 5.32 Å². The lowest BCUT2D eigenvalue weighted by Gasteiger charge is -2.24. The van der Waals surface area contributed by atoms with Crippen LogP contribution in [0.25, 0.3) is 0 Å². The molecule has 1 spiro atoms. The van der Waals surface area contributed by atoms with Gasteiger partial charge in [0.25, 0.3) is 0 Å². The van der Waals surface area contributed by atoms with Crippen LogP contribution in [0.5, 0.6) is 0 Å². The summed E-state index contributed by atoms with van der Waals surface area (Å²) in [5.74, 6) is 0. The van der Waals surface area contributed by atoms with Crippen LogP contribution in [0.15, 0.2) is 12.1 Å². The quantitative estimate of drug-likeness (QED) is 0.677. The molecular weight excluding hydrogens is 182 g/mol. The highest BCUT2D eigenvalue weighted by Crippen LogP contribution is 2.49. The Labute approximate surface area is 91.9 Å². The number of fused-ring (bicyclic) bond motifs is 2. The maximum Gasteiger partial charge on any atom is 0.0384 e. The van der Waals surface area contributed by atoms with Crippen LogP contribution in [-0.2, 0) is 5.41 Å². The van der Waals surface area contributed by atoms with Crippen molar-refractivity contribution in [2.24, 2.45) is 0 Å². The lowest BCUT2D eigenvalue weighted by atomic mass is 9.78. The third-order valence-corrected chi connectivity index (χ3v) is 4.19. The minimum absolute atomic E-state index is 0.493. The lowest BCUT2D eigenvalue weighted by Crippen LogP contribution is -2.24. The van der Waals surface area contributed by atoms with Crippen molar-refractivity contribution in [1.29, 1.82) is 0 Å². The fourth-order valence-corrected chi connectivity index (χ4v) is 3.64. The number of anilines is 1. The Morgan fingerprint density at radius 2 is 1.87 bits per heavy atom. The van der Waals surface area contributed by atoms with Crippen molar-refractivity contribution < 1.29 is 0 Å². The van der Waals surface area contributed by atoms with E-state index in [0.717, 1.165) is 0 Å². The first-order valence-electron chi connectivity index (χ1n) is 6.07. The summed E-state index contributed by atoms with van der Waals surface area (Å²) >= 11 is 0.